The summed E-state index contributed by atoms with van der Waals surface area (Å²) in [6.45, 7) is 1.54. The summed E-state index contributed by atoms with van der Waals surface area (Å²) in [6.07, 6.45) is 2.51. The summed E-state index contributed by atoms with van der Waals surface area (Å²) < 4.78 is 0. The summed E-state index contributed by atoms with van der Waals surface area (Å²) in [5, 5.41) is 5.36. The standard InChI is InChI=1S/C21H19N3O/c1-14(25)23-19(13-15-7-3-2-4-8-15)21-20-17(11-12-22-21)16-9-5-6-10-18(16)24-20/h2-12,19,24H,13H2,1H3,(H,23,25)/t19-/m1/s1. The molecule has 0 radical (unpaired) electrons. The number of rotatable bonds is 4. The second kappa shape index (κ2) is 6.40. The monoisotopic (exact) mass is 329 g/mol. The molecule has 0 bridgehead atoms. The maximum absolute atomic E-state index is 11.8. The van der Waals surface area contributed by atoms with Crippen LogP contribution in [0.15, 0.2) is 66.9 Å². The van der Waals surface area contributed by atoms with Gasteiger partial charge in [-0.2, -0.15) is 0 Å². The lowest BCUT2D eigenvalue weighted by molar-refractivity contribution is -0.119. The molecule has 4 aromatic rings. The number of fused-ring (bicyclic) bond motifs is 3. The van der Waals surface area contributed by atoms with E-state index < -0.39 is 0 Å². The molecule has 0 spiro atoms. The topological polar surface area (TPSA) is 57.8 Å². The van der Waals surface area contributed by atoms with Gasteiger partial charge in [-0.25, -0.2) is 0 Å². The number of carbonyl (C=O) groups is 1. The van der Waals surface area contributed by atoms with Gasteiger partial charge in [0.15, 0.2) is 0 Å². The van der Waals surface area contributed by atoms with Crippen LogP contribution in [0.5, 0.6) is 0 Å². The van der Waals surface area contributed by atoms with E-state index in [4.69, 9.17) is 0 Å². The molecule has 25 heavy (non-hydrogen) atoms. The molecule has 4 heteroatoms. The Morgan fingerprint density at radius 1 is 1.04 bits per heavy atom. The zero-order valence-corrected chi connectivity index (χ0v) is 14.0. The Balaban J connectivity index is 1.84. The van der Waals surface area contributed by atoms with Crippen LogP contribution in [0, 0.1) is 0 Å². The number of carbonyl (C=O) groups excluding carboxylic acids is 1. The van der Waals surface area contributed by atoms with Crippen LogP contribution in [-0.4, -0.2) is 15.9 Å². The summed E-state index contributed by atoms with van der Waals surface area (Å²) in [4.78, 5) is 19.9. The Bertz CT molecular complexity index is 1040. The fraction of sp³-hybridized carbons (Fsp3) is 0.143. The first-order valence-electron chi connectivity index (χ1n) is 8.39. The number of nitrogens with zero attached hydrogens (tertiary/aromatic N) is 1. The van der Waals surface area contributed by atoms with Gasteiger partial charge in [-0.1, -0.05) is 48.5 Å². The fourth-order valence-electron chi connectivity index (χ4n) is 3.37. The average molecular weight is 329 g/mol. The summed E-state index contributed by atoms with van der Waals surface area (Å²) in [6, 6.07) is 20.2. The van der Waals surface area contributed by atoms with Crippen molar-refractivity contribution in [2.75, 3.05) is 0 Å². The predicted molar refractivity (Wildman–Crippen MR) is 100 cm³/mol. The molecule has 0 unspecified atom stereocenters. The Labute approximate surface area is 145 Å². The molecular formula is C21H19N3O. The van der Waals surface area contributed by atoms with Crippen LogP contribution in [0.25, 0.3) is 21.8 Å². The van der Waals surface area contributed by atoms with Crippen LogP contribution in [-0.2, 0) is 11.2 Å². The molecule has 1 atom stereocenters. The van der Waals surface area contributed by atoms with E-state index in [0.717, 1.165) is 27.7 Å². The van der Waals surface area contributed by atoms with Crippen molar-refractivity contribution in [1.82, 2.24) is 15.3 Å². The molecule has 2 aromatic carbocycles. The van der Waals surface area contributed by atoms with Crippen molar-refractivity contribution in [2.24, 2.45) is 0 Å². The van der Waals surface area contributed by atoms with Gasteiger partial charge >= 0.3 is 0 Å². The number of nitrogens with one attached hydrogen (secondary N) is 2. The molecule has 2 aromatic heterocycles. The van der Waals surface area contributed by atoms with Crippen LogP contribution in [0.2, 0.25) is 0 Å². The molecule has 4 nitrogen and oxygen atoms in total. The number of H-pyrrole nitrogens is 1. The van der Waals surface area contributed by atoms with E-state index in [1.807, 2.05) is 42.6 Å². The largest absolute Gasteiger partial charge is 0.353 e. The number of hydrogen-bond donors (Lipinski definition) is 2. The normalized spacial score (nSPS) is 12.4. The first-order chi connectivity index (χ1) is 12.2. The van der Waals surface area contributed by atoms with Crippen LogP contribution in [0.4, 0.5) is 0 Å². The van der Waals surface area contributed by atoms with Crippen molar-refractivity contribution >= 4 is 27.7 Å². The predicted octanol–water partition coefficient (Wildman–Crippen LogP) is 4.14. The van der Waals surface area contributed by atoms with Gasteiger partial charge in [-0.3, -0.25) is 9.78 Å². The SMILES string of the molecule is CC(=O)N[C@H](Cc1ccccc1)c1nccc2c1[nH]c1ccccc12. The third-order valence-electron chi connectivity index (χ3n) is 4.45. The van der Waals surface area contributed by atoms with Gasteiger partial charge in [0.2, 0.25) is 5.91 Å². The third kappa shape index (κ3) is 2.98. The van der Waals surface area contributed by atoms with Crippen molar-refractivity contribution in [3.63, 3.8) is 0 Å². The molecule has 0 fully saturated rings. The second-order valence-corrected chi connectivity index (χ2v) is 6.23. The van der Waals surface area contributed by atoms with Crippen LogP contribution < -0.4 is 5.32 Å². The van der Waals surface area contributed by atoms with Gasteiger partial charge in [0.1, 0.15) is 0 Å². The zero-order chi connectivity index (χ0) is 17.2. The maximum Gasteiger partial charge on any atom is 0.217 e. The van der Waals surface area contributed by atoms with Crippen molar-refractivity contribution in [1.29, 1.82) is 0 Å². The lowest BCUT2D eigenvalue weighted by Gasteiger charge is -2.18. The molecule has 1 amide bonds. The Morgan fingerprint density at radius 2 is 1.80 bits per heavy atom. The van der Waals surface area contributed by atoms with E-state index in [9.17, 15) is 4.79 Å². The summed E-state index contributed by atoms with van der Waals surface area (Å²) >= 11 is 0. The van der Waals surface area contributed by atoms with Crippen molar-refractivity contribution in [3.05, 3.63) is 78.1 Å². The molecule has 124 valence electrons. The van der Waals surface area contributed by atoms with E-state index in [1.54, 1.807) is 6.92 Å². The highest BCUT2D eigenvalue weighted by Gasteiger charge is 2.19. The molecule has 0 aliphatic heterocycles. The summed E-state index contributed by atoms with van der Waals surface area (Å²) in [7, 11) is 0. The Morgan fingerprint density at radius 3 is 2.60 bits per heavy atom. The Kier molecular flexibility index (Phi) is 3.94. The van der Waals surface area contributed by atoms with Crippen LogP contribution in [0.3, 0.4) is 0 Å². The molecule has 4 rings (SSSR count). The average Bonchev–Trinajstić information content (AvgIpc) is 3.00. The van der Waals surface area contributed by atoms with Crippen molar-refractivity contribution in [3.8, 4) is 0 Å². The summed E-state index contributed by atoms with van der Waals surface area (Å²) in [5.41, 5.74) is 4.09. The highest BCUT2D eigenvalue weighted by atomic mass is 16.1. The van der Waals surface area contributed by atoms with Gasteiger partial charge in [-0.15, -0.1) is 0 Å². The Hall–Kier alpha value is -3.14. The molecule has 2 N–H and O–H groups in total. The molecular weight excluding hydrogens is 310 g/mol. The maximum atomic E-state index is 11.8. The highest BCUT2D eigenvalue weighted by molar-refractivity contribution is 6.07. The molecule has 0 aliphatic carbocycles. The van der Waals surface area contributed by atoms with Crippen molar-refractivity contribution in [2.45, 2.75) is 19.4 Å². The zero-order valence-electron chi connectivity index (χ0n) is 14.0. The first kappa shape index (κ1) is 15.4. The highest BCUT2D eigenvalue weighted by Crippen LogP contribution is 2.30. The number of pyridine rings is 1. The van der Waals surface area contributed by atoms with Crippen LogP contribution >= 0.6 is 0 Å². The minimum absolute atomic E-state index is 0.0594. The van der Waals surface area contributed by atoms with E-state index in [2.05, 4.69) is 39.6 Å². The molecule has 2 heterocycles. The van der Waals surface area contributed by atoms with E-state index in [-0.39, 0.29) is 11.9 Å². The number of benzene rings is 2. The lowest BCUT2D eigenvalue weighted by Crippen LogP contribution is -2.28. The molecule has 0 aliphatic rings. The lowest BCUT2D eigenvalue weighted by atomic mass is 10.0. The number of aromatic amines is 1. The van der Waals surface area contributed by atoms with Gasteiger partial charge in [0.25, 0.3) is 0 Å². The minimum atomic E-state index is -0.184. The number of para-hydroxylation sites is 1. The smallest absolute Gasteiger partial charge is 0.217 e. The number of aromatic nitrogens is 2. The summed E-state index contributed by atoms with van der Waals surface area (Å²) in [5.74, 6) is -0.0594. The third-order valence-corrected chi connectivity index (χ3v) is 4.45. The molecule has 0 saturated carbocycles. The van der Waals surface area contributed by atoms with Gasteiger partial charge in [-0.05, 0) is 24.1 Å². The van der Waals surface area contributed by atoms with Crippen LogP contribution in [0.1, 0.15) is 24.2 Å². The fourth-order valence-corrected chi connectivity index (χ4v) is 3.37. The number of amides is 1. The number of hydrogen-bond acceptors (Lipinski definition) is 2. The van der Waals surface area contributed by atoms with E-state index in [0.29, 0.717) is 6.42 Å². The first-order valence-corrected chi connectivity index (χ1v) is 8.39. The second-order valence-electron chi connectivity index (χ2n) is 6.23. The van der Waals surface area contributed by atoms with Crippen molar-refractivity contribution < 1.29 is 4.79 Å². The van der Waals surface area contributed by atoms with E-state index >= 15 is 0 Å². The minimum Gasteiger partial charge on any atom is -0.353 e. The van der Waals surface area contributed by atoms with Gasteiger partial charge in [0.05, 0.1) is 17.3 Å². The quantitative estimate of drug-likeness (QED) is 0.591. The molecule has 0 saturated heterocycles. The van der Waals surface area contributed by atoms with Gasteiger partial charge in [0, 0.05) is 29.4 Å². The van der Waals surface area contributed by atoms with Gasteiger partial charge < -0.3 is 10.3 Å². The van der Waals surface area contributed by atoms with E-state index in [1.165, 1.54) is 5.39 Å².